The molecule has 0 spiro atoms. The van der Waals surface area contributed by atoms with Gasteiger partial charge in [0.15, 0.2) is 0 Å². The third kappa shape index (κ3) is 4.36. The molecule has 0 aliphatic rings. The fourth-order valence-electron chi connectivity index (χ4n) is 1.62. The fraction of sp³-hybridized carbons (Fsp3) is 0.417. The van der Waals surface area contributed by atoms with E-state index in [1.165, 1.54) is 4.31 Å². The Balaban J connectivity index is 2.92. The smallest absolute Gasteiger partial charge is 0.218 e. The first-order valence-electron chi connectivity index (χ1n) is 5.64. The van der Waals surface area contributed by atoms with Gasteiger partial charge in [0.05, 0.1) is 17.3 Å². The fourth-order valence-corrected chi connectivity index (χ4v) is 3.60. The predicted molar refractivity (Wildman–Crippen MR) is 77.7 cm³/mol. The Kier molecular flexibility index (Phi) is 5.25. The van der Waals surface area contributed by atoms with Gasteiger partial charge in [0.1, 0.15) is 0 Å². The molecule has 2 N–H and O–H groups in total. The van der Waals surface area contributed by atoms with Gasteiger partial charge in [-0.2, -0.15) is 4.31 Å². The maximum Gasteiger partial charge on any atom is 0.218 e. The first-order valence-corrected chi connectivity index (χ1v) is 7.66. The van der Waals surface area contributed by atoms with Crippen LogP contribution in [0.3, 0.4) is 0 Å². The van der Waals surface area contributed by atoms with E-state index in [-0.39, 0.29) is 23.3 Å². The number of rotatable bonds is 6. The molecule has 0 atom stereocenters. The van der Waals surface area contributed by atoms with Crippen molar-refractivity contribution in [2.75, 3.05) is 6.54 Å². The van der Waals surface area contributed by atoms with Crippen LogP contribution < -0.4 is 5.73 Å². The highest BCUT2D eigenvalue weighted by atomic mass is 32.2. The van der Waals surface area contributed by atoms with Gasteiger partial charge < -0.3 is 5.73 Å². The summed E-state index contributed by atoms with van der Waals surface area (Å²) < 4.78 is 25.9. The molecule has 0 aromatic heterocycles. The molecule has 100 valence electrons. The molecule has 1 aromatic rings. The largest absolute Gasteiger partial charge is 0.392 e. The average molecular weight is 286 g/mol. The Labute approximate surface area is 114 Å². The number of hydrogen-bond acceptors (Lipinski definition) is 3. The summed E-state index contributed by atoms with van der Waals surface area (Å²) in [6.45, 7) is 3.70. The van der Waals surface area contributed by atoms with E-state index in [2.05, 4.69) is 0 Å². The second-order valence-corrected chi connectivity index (χ2v) is 6.79. The topological polar surface area (TPSA) is 63.4 Å². The molecule has 0 radical (unpaired) electrons. The number of sulfonamides is 1. The number of nitrogens with zero attached hydrogens (tertiary/aromatic N) is 1. The molecule has 0 saturated carbocycles. The molecule has 18 heavy (non-hydrogen) atoms. The van der Waals surface area contributed by atoms with Crippen molar-refractivity contribution in [1.82, 2.24) is 4.31 Å². The minimum Gasteiger partial charge on any atom is -0.392 e. The van der Waals surface area contributed by atoms with Gasteiger partial charge in [0.25, 0.3) is 0 Å². The van der Waals surface area contributed by atoms with E-state index in [1.54, 1.807) is 26.0 Å². The van der Waals surface area contributed by atoms with Crippen LogP contribution in [0.15, 0.2) is 30.3 Å². The third-order valence-electron chi connectivity index (χ3n) is 2.44. The van der Waals surface area contributed by atoms with Crippen molar-refractivity contribution in [1.29, 1.82) is 0 Å². The Morgan fingerprint density at radius 2 is 1.89 bits per heavy atom. The zero-order valence-electron chi connectivity index (χ0n) is 10.5. The maximum atomic E-state index is 12.3. The third-order valence-corrected chi connectivity index (χ3v) is 4.53. The van der Waals surface area contributed by atoms with E-state index >= 15 is 0 Å². The number of thiocarbonyl (C=S) groups is 1. The highest BCUT2D eigenvalue weighted by Crippen LogP contribution is 2.13. The molecule has 1 aromatic carbocycles. The van der Waals surface area contributed by atoms with Crippen molar-refractivity contribution in [3.8, 4) is 0 Å². The summed E-state index contributed by atoms with van der Waals surface area (Å²) in [6.07, 6.45) is 0. The van der Waals surface area contributed by atoms with Gasteiger partial charge in [-0.25, -0.2) is 8.42 Å². The van der Waals surface area contributed by atoms with E-state index < -0.39 is 10.0 Å². The number of benzene rings is 1. The molecular formula is C12H18N2O2S2. The molecule has 0 saturated heterocycles. The second kappa shape index (κ2) is 6.26. The van der Waals surface area contributed by atoms with Crippen molar-refractivity contribution in [3.63, 3.8) is 0 Å². The van der Waals surface area contributed by atoms with Crippen molar-refractivity contribution in [2.24, 2.45) is 5.73 Å². The Morgan fingerprint density at radius 1 is 1.33 bits per heavy atom. The van der Waals surface area contributed by atoms with Crippen LogP contribution in [0.25, 0.3) is 0 Å². The highest BCUT2D eigenvalue weighted by Gasteiger charge is 2.25. The summed E-state index contributed by atoms with van der Waals surface area (Å²) in [4.78, 5) is 0.181. The summed E-state index contributed by atoms with van der Waals surface area (Å²) in [5.74, 6) is -0.0331. The van der Waals surface area contributed by atoms with E-state index in [9.17, 15) is 8.42 Å². The van der Waals surface area contributed by atoms with Gasteiger partial charge in [0.2, 0.25) is 10.0 Å². The van der Waals surface area contributed by atoms with Crippen LogP contribution in [-0.4, -0.2) is 30.3 Å². The lowest BCUT2D eigenvalue weighted by atomic mass is 10.2. The molecule has 0 aliphatic carbocycles. The number of nitrogens with two attached hydrogens (primary N) is 1. The van der Waals surface area contributed by atoms with Crippen LogP contribution in [0.4, 0.5) is 0 Å². The molecule has 0 bridgehead atoms. The van der Waals surface area contributed by atoms with Crippen LogP contribution in [0, 0.1) is 0 Å². The summed E-state index contributed by atoms with van der Waals surface area (Å²) in [5, 5.41) is 0. The van der Waals surface area contributed by atoms with E-state index in [1.807, 2.05) is 18.2 Å². The predicted octanol–water partition coefficient (Wildman–Crippen LogP) is 1.51. The Morgan fingerprint density at radius 3 is 2.33 bits per heavy atom. The SMILES string of the molecule is CC(C)N(CC(N)=S)S(=O)(=O)Cc1ccccc1. The normalized spacial score (nSPS) is 12.0. The maximum absolute atomic E-state index is 12.3. The van der Waals surface area contributed by atoms with Crippen LogP contribution >= 0.6 is 12.2 Å². The van der Waals surface area contributed by atoms with Gasteiger partial charge in [-0.15, -0.1) is 0 Å². The first-order chi connectivity index (χ1) is 8.33. The monoisotopic (exact) mass is 286 g/mol. The van der Waals surface area contributed by atoms with Crippen molar-refractivity contribution >= 4 is 27.2 Å². The second-order valence-electron chi connectivity index (χ2n) is 4.35. The summed E-state index contributed by atoms with van der Waals surface area (Å²) in [5.41, 5.74) is 6.20. The quantitative estimate of drug-likeness (QED) is 0.805. The van der Waals surface area contributed by atoms with Crippen molar-refractivity contribution in [2.45, 2.75) is 25.6 Å². The standard InChI is InChI=1S/C12H18N2O2S2/c1-10(2)14(8-12(13)17)18(15,16)9-11-6-4-3-5-7-11/h3-7,10H,8-9H2,1-2H3,(H2,13,17). The molecule has 4 nitrogen and oxygen atoms in total. The first kappa shape index (κ1) is 15.1. The van der Waals surface area contributed by atoms with Gasteiger partial charge in [-0.3, -0.25) is 0 Å². The van der Waals surface area contributed by atoms with Crippen LogP contribution in [0.1, 0.15) is 19.4 Å². The molecule has 0 unspecified atom stereocenters. The van der Waals surface area contributed by atoms with E-state index in [4.69, 9.17) is 18.0 Å². The van der Waals surface area contributed by atoms with E-state index in [0.29, 0.717) is 0 Å². The molecular weight excluding hydrogens is 268 g/mol. The molecule has 0 fully saturated rings. The molecule has 0 aliphatic heterocycles. The summed E-state index contributed by atoms with van der Waals surface area (Å²) in [6, 6.07) is 8.90. The summed E-state index contributed by atoms with van der Waals surface area (Å²) >= 11 is 4.80. The van der Waals surface area contributed by atoms with Gasteiger partial charge >= 0.3 is 0 Å². The Hall–Kier alpha value is -0.980. The lowest BCUT2D eigenvalue weighted by Gasteiger charge is -2.25. The van der Waals surface area contributed by atoms with Crippen molar-refractivity contribution < 1.29 is 8.42 Å². The lowest BCUT2D eigenvalue weighted by Crippen LogP contribution is -2.42. The lowest BCUT2D eigenvalue weighted by molar-refractivity contribution is 0.390. The van der Waals surface area contributed by atoms with Crippen LogP contribution in [0.2, 0.25) is 0 Å². The Bertz CT molecular complexity index is 498. The molecule has 6 heteroatoms. The zero-order chi connectivity index (χ0) is 13.8. The minimum atomic E-state index is -3.40. The van der Waals surface area contributed by atoms with Crippen molar-refractivity contribution in [3.05, 3.63) is 35.9 Å². The van der Waals surface area contributed by atoms with Crippen LogP contribution in [0.5, 0.6) is 0 Å². The van der Waals surface area contributed by atoms with E-state index in [0.717, 1.165) is 5.56 Å². The van der Waals surface area contributed by atoms with Gasteiger partial charge in [-0.1, -0.05) is 42.5 Å². The molecule has 0 amide bonds. The molecule has 0 heterocycles. The zero-order valence-corrected chi connectivity index (χ0v) is 12.2. The average Bonchev–Trinajstić information content (AvgIpc) is 2.26. The van der Waals surface area contributed by atoms with Gasteiger partial charge in [-0.05, 0) is 19.4 Å². The van der Waals surface area contributed by atoms with Crippen LogP contribution in [-0.2, 0) is 15.8 Å². The molecule has 1 rings (SSSR count). The highest BCUT2D eigenvalue weighted by molar-refractivity contribution is 7.88. The van der Waals surface area contributed by atoms with Gasteiger partial charge in [0, 0.05) is 6.04 Å². The number of hydrogen-bond donors (Lipinski definition) is 1. The minimum absolute atomic E-state index is 0.0331. The summed E-state index contributed by atoms with van der Waals surface area (Å²) in [7, 11) is -3.40.